The van der Waals surface area contributed by atoms with E-state index in [0.29, 0.717) is 19.4 Å². The van der Waals surface area contributed by atoms with E-state index in [1.807, 2.05) is 13.0 Å². The van der Waals surface area contributed by atoms with Crippen LogP contribution in [-0.2, 0) is 26.0 Å². The maximum Gasteiger partial charge on any atom is 0.326 e. The second kappa shape index (κ2) is 8.75. The van der Waals surface area contributed by atoms with E-state index in [0.717, 1.165) is 11.1 Å². The predicted molar refractivity (Wildman–Crippen MR) is 108 cm³/mol. The van der Waals surface area contributed by atoms with E-state index in [1.54, 1.807) is 36.4 Å². The summed E-state index contributed by atoms with van der Waals surface area (Å²) in [5.74, 6) is -1.59. The Bertz CT molecular complexity index is 974. The van der Waals surface area contributed by atoms with Crippen molar-refractivity contribution in [2.24, 2.45) is 0 Å². The van der Waals surface area contributed by atoms with Crippen molar-refractivity contribution < 1.29 is 23.1 Å². The van der Waals surface area contributed by atoms with Crippen LogP contribution in [0.2, 0.25) is 0 Å². The lowest BCUT2D eigenvalue weighted by atomic mass is 10.1. The fraction of sp³-hybridized carbons (Fsp3) is 0.333. The van der Waals surface area contributed by atoms with Crippen LogP contribution in [0.1, 0.15) is 24.0 Å². The van der Waals surface area contributed by atoms with Gasteiger partial charge in [0, 0.05) is 6.54 Å². The molecule has 1 fully saturated rings. The van der Waals surface area contributed by atoms with Gasteiger partial charge in [-0.15, -0.1) is 0 Å². The van der Waals surface area contributed by atoms with Gasteiger partial charge in [0.25, 0.3) is 0 Å². The largest absolute Gasteiger partial charge is 0.480 e. The number of carboxylic acid groups (broad SMARTS) is 1. The first-order valence-corrected chi connectivity index (χ1v) is 10.9. The number of nitrogens with one attached hydrogen (secondary N) is 1. The van der Waals surface area contributed by atoms with Crippen molar-refractivity contribution in [1.29, 1.82) is 0 Å². The summed E-state index contributed by atoms with van der Waals surface area (Å²) < 4.78 is 28.3. The zero-order valence-electron chi connectivity index (χ0n) is 16.1. The first kappa shape index (κ1) is 21.0. The molecule has 1 heterocycles. The van der Waals surface area contributed by atoms with Gasteiger partial charge in [0.15, 0.2) is 0 Å². The summed E-state index contributed by atoms with van der Waals surface area (Å²) in [4.78, 5) is 26.0. The number of hydrogen-bond acceptors (Lipinski definition) is 4. The SMILES string of the molecule is Cc1ccc(S(=O)(=O)N[C@@H](Cc2ccccc2)C(=O)N2CCC[C@@H]2C(=O)O)cc1. The minimum absolute atomic E-state index is 0.0603. The van der Waals surface area contributed by atoms with E-state index in [2.05, 4.69) is 4.72 Å². The number of carboxylic acids is 1. The molecule has 1 amide bonds. The van der Waals surface area contributed by atoms with Crippen LogP contribution in [0.5, 0.6) is 0 Å². The van der Waals surface area contributed by atoms with Crippen molar-refractivity contribution in [2.45, 2.75) is 43.2 Å². The lowest BCUT2D eigenvalue weighted by molar-refractivity contribution is -0.148. The maximum absolute atomic E-state index is 13.2. The minimum atomic E-state index is -3.95. The summed E-state index contributed by atoms with van der Waals surface area (Å²) in [5, 5.41) is 9.41. The molecule has 8 heteroatoms. The number of carbonyl (C=O) groups is 2. The van der Waals surface area contributed by atoms with Gasteiger partial charge in [0.1, 0.15) is 12.1 Å². The van der Waals surface area contributed by atoms with E-state index in [9.17, 15) is 23.1 Å². The van der Waals surface area contributed by atoms with E-state index >= 15 is 0 Å². The van der Waals surface area contributed by atoms with Crippen LogP contribution in [0, 0.1) is 6.92 Å². The van der Waals surface area contributed by atoms with E-state index in [4.69, 9.17) is 0 Å². The van der Waals surface area contributed by atoms with Gasteiger partial charge in [-0.3, -0.25) is 4.79 Å². The van der Waals surface area contributed by atoms with Crippen LogP contribution in [-0.4, -0.2) is 48.9 Å². The second-order valence-electron chi connectivity index (χ2n) is 7.20. The highest BCUT2D eigenvalue weighted by atomic mass is 32.2. The smallest absolute Gasteiger partial charge is 0.326 e. The highest BCUT2D eigenvalue weighted by molar-refractivity contribution is 7.89. The number of aliphatic carboxylic acids is 1. The highest BCUT2D eigenvalue weighted by Crippen LogP contribution is 2.21. The molecule has 154 valence electrons. The number of nitrogens with zero attached hydrogens (tertiary/aromatic N) is 1. The van der Waals surface area contributed by atoms with Crippen LogP contribution in [0.25, 0.3) is 0 Å². The molecule has 29 heavy (non-hydrogen) atoms. The lowest BCUT2D eigenvalue weighted by Gasteiger charge is -2.27. The summed E-state index contributed by atoms with van der Waals surface area (Å²) in [7, 11) is -3.95. The monoisotopic (exact) mass is 416 g/mol. The van der Waals surface area contributed by atoms with Gasteiger partial charge >= 0.3 is 5.97 Å². The molecule has 0 aliphatic carbocycles. The fourth-order valence-corrected chi connectivity index (χ4v) is 4.68. The van der Waals surface area contributed by atoms with E-state index in [1.165, 1.54) is 17.0 Å². The Labute approximate surface area is 170 Å². The van der Waals surface area contributed by atoms with Gasteiger partial charge in [0.05, 0.1) is 4.90 Å². The number of aryl methyl sites for hydroxylation is 1. The quantitative estimate of drug-likeness (QED) is 0.718. The molecule has 0 aromatic heterocycles. The van der Waals surface area contributed by atoms with Crippen LogP contribution in [0.3, 0.4) is 0 Å². The average molecular weight is 416 g/mol. The Hall–Kier alpha value is -2.71. The molecule has 3 rings (SSSR count). The zero-order valence-corrected chi connectivity index (χ0v) is 16.9. The molecule has 7 nitrogen and oxygen atoms in total. The topological polar surface area (TPSA) is 104 Å². The van der Waals surface area contributed by atoms with Crippen LogP contribution in [0.4, 0.5) is 0 Å². The molecule has 2 atom stereocenters. The molecular weight excluding hydrogens is 392 g/mol. The molecule has 0 saturated carbocycles. The molecule has 0 bridgehead atoms. The number of carbonyl (C=O) groups excluding carboxylic acids is 1. The Morgan fingerprint density at radius 2 is 1.79 bits per heavy atom. The average Bonchev–Trinajstić information content (AvgIpc) is 3.18. The molecule has 1 saturated heterocycles. The molecule has 0 radical (unpaired) electrons. The first-order chi connectivity index (χ1) is 13.8. The molecule has 1 aliphatic rings. The van der Waals surface area contributed by atoms with Gasteiger partial charge in [0.2, 0.25) is 15.9 Å². The van der Waals surface area contributed by atoms with Crippen molar-refractivity contribution in [1.82, 2.24) is 9.62 Å². The number of amides is 1. The van der Waals surface area contributed by atoms with Crippen LogP contribution in [0.15, 0.2) is 59.5 Å². The van der Waals surface area contributed by atoms with Crippen molar-refractivity contribution in [2.75, 3.05) is 6.54 Å². The first-order valence-electron chi connectivity index (χ1n) is 9.44. The summed E-state index contributed by atoms with van der Waals surface area (Å²) >= 11 is 0. The predicted octanol–water partition coefficient (Wildman–Crippen LogP) is 1.96. The molecular formula is C21H24N2O5S. The van der Waals surface area contributed by atoms with Crippen molar-refractivity contribution in [3.05, 3.63) is 65.7 Å². The summed E-state index contributed by atoms with van der Waals surface area (Å²) in [6.07, 6.45) is 1.07. The number of likely N-dealkylation sites (tertiary alicyclic amines) is 1. The highest BCUT2D eigenvalue weighted by Gasteiger charge is 2.38. The van der Waals surface area contributed by atoms with Crippen LogP contribution < -0.4 is 4.72 Å². The Morgan fingerprint density at radius 1 is 1.14 bits per heavy atom. The Balaban J connectivity index is 1.89. The van der Waals surface area contributed by atoms with Gasteiger partial charge in [-0.1, -0.05) is 48.0 Å². The summed E-state index contributed by atoms with van der Waals surface area (Å²) in [5.41, 5.74) is 1.70. The van der Waals surface area contributed by atoms with Crippen LogP contribution >= 0.6 is 0 Å². The third-order valence-corrected chi connectivity index (χ3v) is 6.52. The van der Waals surface area contributed by atoms with Gasteiger partial charge in [-0.05, 0) is 43.9 Å². The molecule has 0 spiro atoms. The maximum atomic E-state index is 13.2. The Morgan fingerprint density at radius 3 is 2.41 bits per heavy atom. The van der Waals surface area contributed by atoms with Gasteiger partial charge in [-0.2, -0.15) is 4.72 Å². The lowest BCUT2D eigenvalue weighted by Crippen LogP contribution is -2.52. The minimum Gasteiger partial charge on any atom is -0.480 e. The zero-order chi connectivity index (χ0) is 21.0. The normalized spacial score (nSPS) is 17.8. The number of benzene rings is 2. The molecule has 2 aromatic rings. The second-order valence-corrected chi connectivity index (χ2v) is 8.92. The summed E-state index contributed by atoms with van der Waals surface area (Å²) in [6.45, 7) is 2.15. The summed E-state index contributed by atoms with van der Waals surface area (Å²) in [6, 6.07) is 13.4. The van der Waals surface area contributed by atoms with E-state index in [-0.39, 0.29) is 11.3 Å². The van der Waals surface area contributed by atoms with E-state index < -0.39 is 34.0 Å². The third kappa shape index (κ3) is 5.02. The van der Waals surface area contributed by atoms with Crippen molar-refractivity contribution >= 4 is 21.9 Å². The van der Waals surface area contributed by atoms with Gasteiger partial charge in [-0.25, -0.2) is 13.2 Å². The Kier molecular flexibility index (Phi) is 6.34. The number of hydrogen-bond donors (Lipinski definition) is 2. The number of rotatable bonds is 7. The standard InChI is InChI=1S/C21H24N2O5S/c1-15-9-11-17(12-10-15)29(27,28)22-18(14-16-6-3-2-4-7-16)20(24)23-13-5-8-19(23)21(25)26/h2-4,6-7,9-12,18-19,22H,5,8,13-14H2,1H3,(H,25,26)/t18-,19+/m0/s1. The third-order valence-electron chi connectivity index (χ3n) is 5.03. The van der Waals surface area contributed by atoms with Gasteiger partial charge < -0.3 is 10.0 Å². The molecule has 1 aliphatic heterocycles. The van der Waals surface area contributed by atoms with Crippen molar-refractivity contribution in [3.8, 4) is 0 Å². The molecule has 0 unspecified atom stereocenters. The fourth-order valence-electron chi connectivity index (χ4n) is 3.49. The molecule has 2 aromatic carbocycles. The molecule has 2 N–H and O–H groups in total. The van der Waals surface area contributed by atoms with Crippen molar-refractivity contribution in [3.63, 3.8) is 0 Å². The number of sulfonamides is 1.